The van der Waals surface area contributed by atoms with E-state index >= 15 is 0 Å². The zero-order valence-corrected chi connectivity index (χ0v) is 10.1. The normalized spacial score (nSPS) is 17.6. The van der Waals surface area contributed by atoms with E-state index in [2.05, 4.69) is 0 Å². The van der Waals surface area contributed by atoms with E-state index in [4.69, 9.17) is 15.2 Å². The van der Waals surface area contributed by atoms with Gasteiger partial charge in [0.15, 0.2) is 11.5 Å². The molecule has 0 saturated carbocycles. The summed E-state index contributed by atoms with van der Waals surface area (Å²) >= 11 is 0. The van der Waals surface area contributed by atoms with Crippen LogP contribution in [0.25, 0.3) is 0 Å². The Balaban J connectivity index is 1.97. The first-order chi connectivity index (χ1) is 8.79. The fourth-order valence-corrected chi connectivity index (χ4v) is 2.43. The van der Waals surface area contributed by atoms with Crippen molar-refractivity contribution in [3.05, 3.63) is 23.3 Å². The molecule has 5 heteroatoms. The summed E-state index contributed by atoms with van der Waals surface area (Å²) in [7, 11) is 0. The van der Waals surface area contributed by atoms with Crippen LogP contribution >= 0.6 is 0 Å². The third kappa shape index (κ3) is 1.80. The van der Waals surface area contributed by atoms with Gasteiger partial charge < -0.3 is 20.1 Å². The van der Waals surface area contributed by atoms with E-state index < -0.39 is 0 Å². The predicted molar refractivity (Wildman–Crippen MR) is 66.1 cm³/mol. The van der Waals surface area contributed by atoms with Crippen LogP contribution in [0, 0.1) is 0 Å². The van der Waals surface area contributed by atoms with Crippen molar-refractivity contribution in [2.75, 3.05) is 32.8 Å². The largest absolute Gasteiger partial charge is 0.486 e. The lowest BCUT2D eigenvalue weighted by Crippen LogP contribution is -2.40. The van der Waals surface area contributed by atoms with E-state index in [1.165, 1.54) is 0 Å². The van der Waals surface area contributed by atoms with Gasteiger partial charge in [0, 0.05) is 25.2 Å². The van der Waals surface area contributed by atoms with Gasteiger partial charge in [0.2, 0.25) is 0 Å². The number of amides is 1. The van der Waals surface area contributed by atoms with Gasteiger partial charge in [-0.25, -0.2) is 0 Å². The monoisotopic (exact) mass is 248 g/mol. The minimum Gasteiger partial charge on any atom is -0.486 e. The van der Waals surface area contributed by atoms with Crippen molar-refractivity contribution in [1.29, 1.82) is 0 Å². The van der Waals surface area contributed by atoms with E-state index in [1.807, 2.05) is 6.07 Å². The third-order valence-corrected chi connectivity index (χ3v) is 3.34. The van der Waals surface area contributed by atoms with Gasteiger partial charge in [0.25, 0.3) is 5.91 Å². The number of carbonyl (C=O) groups excluding carboxylic acids is 1. The highest BCUT2D eigenvalue weighted by Crippen LogP contribution is 2.35. The minimum atomic E-state index is 0.0404. The molecule has 2 aliphatic heterocycles. The van der Waals surface area contributed by atoms with Gasteiger partial charge in [-0.05, 0) is 24.1 Å². The van der Waals surface area contributed by atoms with Crippen molar-refractivity contribution in [2.24, 2.45) is 5.73 Å². The molecule has 0 fully saturated rings. The zero-order chi connectivity index (χ0) is 12.5. The molecule has 5 nitrogen and oxygen atoms in total. The second-order valence-electron chi connectivity index (χ2n) is 4.48. The summed E-state index contributed by atoms with van der Waals surface area (Å²) < 4.78 is 11.0. The molecule has 2 N–H and O–H groups in total. The number of nitrogens with two attached hydrogens (primary N) is 1. The maximum Gasteiger partial charge on any atom is 0.254 e. The molecule has 0 radical (unpaired) electrons. The van der Waals surface area contributed by atoms with Crippen molar-refractivity contribution in [2.45, 2.75) is 6.42 Å². The van der Waals surface area contributed by atoms with Crippen LogP contribution in [0.5, 0.6) is 11.5 Å². The first-order valence-electron chi connectivity index (χ1n) is 6.21. The topological polar surface area (TPSA) is 64.8 Å². The highest BCUT2D eigenvalue weighted by Gasteiger charge is 2.26. The van der Waals surface area contributed by atoms with E-state index in [-0.39, 0.29) is 5.91 Å². The van der Waals surface area contributed by atoms with Gasteiger partial charge in [-0.1, -0.05) is 0 Å². The van der Waals surface area contributed by atoms with Crippen LogP contribution in [0.15, 0.2) is 12.1 Å². The summed E-state index contributed by atoms with van der Waals surface area (Å²) in [5.74, 6) is 1.46. The van der Waals surface area contributed by atoms with Crippen molar-refractivity contribution < 1.29 is 14.3 Å². The summed E-state index contributed by atoms with van der Waals surface area (Å²) in [5.41, 5.74) is 7.27. The Morgan fingerprint density at radius 2 is 1.94 bits per heavy atom. The molecule has 0 aromatic heterocycles. The summed E-state index contributed by atoms with van der Waals surface area (Å²) in [6.45, 7) is 2.92. The lowest BCUT2D eigenvalue weighted by atomic mass is 9.98. The predicted octanol–water partition coefficient (Wildman–Crippen LogP) is 0.415. The van der Waals surface area contributed by atoms with Gasteiger partial charge in [0.05, 0.1) is 0 Å². The van der Waals surface area contributed by atoms with Gasteiger partial charge in [0.1, 0.15) is 13.2 Å². The van der Waals surface area contributed by atoms with Gasteiger partial charge in [-0.3, -0.25) is 4.79 Å². The van der Waals surface area contributed by atoms with Gasteiger partial charge in [-0.15, -0.1) is 0 Å². The van der Waals surface area contributed by atoms with Gasteiger partial charge >= 0.3 is 0 Å². The molecule has 1 aromatic carbocycles. The number of hydrogen-bond donors (Lipinski definition) is 1. The molecule has 0 saturated heterocycles. The van der Waals surface area contributed by atoms with E-state index in [1.54, 1.807) is 11.0 Å². The number of benzene rings is 1. The molecular weight excluding hydrogens is 232 g/mol. The molecule has 96 valence electrons. The maximum atomic E-state index is 12.3. The Hall–Kier alpha value is -1.75. The van der Waals surface area contributed by atoms with Crippen LogP contribution in [-0.4, -0.2) is 43.7 Å². The van der Waals surface area contributed by atoms with Crippen molar-refractivity contribution in [1.82, 2.24) is 4.90 Å². The highest BCUT2D eigenvalue weighted by molar-refractivity contribution is 5.97. The molecule has 0 bridgehead atoms. The molecule has 3 rings (SSSR count). The van der Waals surface area contributed by atoms with Crippen molar-refractivity contribution in [3.63, 3.8) is 0 Å². The van der Waals surface area contributed by atoms with Crippen LogP contribution in [0.2, 0.25) is 0 Å². The third-order valence-electron chi connectivity index (χ3n) is 3.34. The average molecular weight is 248 g/mol. The molecule has 0 unspecified atom stereocenters. The van der Waals surface area contributed by atoms with Gasteiger partial charge in [-0.2, -0.15) is 0 Å². The Kier molecular flexibility index (Phi) is 2.83. The van der Waals surface area contributed by atoms with Crippen LogP contribution in [0.3, 0.4) is 0 Å². The van der Waals surface area contributed by atoms with E-state index in [0.29, 0.717) is 32.1 Å². The lowest BCUT2D eigenvalue weighted by Gasteiger charge is -2.29. The SMILES string of the molecule is NCCN1CCc2cc3c(cc2C1=O)OCCO3. The molecule has 1 aromatic rings. The molecule has 0 atom stereocenters. The second-order valence-corrected chi connectivity index (χ2v) is 4.48. The molecular formula is C13H16N2O3. The van der Waals surface area contributed by atoms with Crippen LogP contribution < -0.4 is 15.2 Å². The van der Waals surface area contributed by atoms with E-state index in [0.717, 1.165) is 29.8 Å². The number of hydrogen-bond acceptors (Lipinski definition) is 4. The standard InChI is InChI=1S/C13H16N2O3/c14-2-4-15-3-1-9-7-11-12(18-6-5-17-11)8-10(9)13(15)16/h7-8H,1-6,14H2. The summed E-state index contributed by atoms with van der Waals surface area (Å²) in [6, 6.07) is 3.73. The highest BCUT2D eigenvalue weighted by atomic mass is 16.6. The first-order valence-corrected chi connectivity index (χ1v) is 6.21. The van der Waals surface area contributed by atoms with Crippen molar-refractivity contribution >= 4 is 5.91 Å². The molecule has 18 heavy (non-hydrogen) atoms. The number of rotatable bonds is 2. The Morgan fingerprint density at radius 3 is 2.67 bits per heavy atom. The summed E-state index contributed by atoms with van der Waals surface area (Å²) in [6.07, 6.45) is 0.845. The maximum absolute atomic E-state index is 12.3. The number of ether oxygens (including phenoxy) is 2. The number of carbonyl (C=O) groups is 1. The summed E-state index contributed by atoms with van der Waals surface area (Å²) in [4.78, 5) is 14.1. The van der Waals surface area contributed by atoms with Crippen molar-refractivity contribution in [3.8, 4) is 11.5 Å². The first kappa shape index (κ1) is 11.3. The smallest absolute Gasteiger partial charge is 0.254 e. The zero-order valence-electron chi connectivity index (χ0n) is 10.1. The number of fused-ring (bicyclic) bond motifs is 2. The molecule has 0 spiro atoms. The van der Waals surface area contributed by atoms with E-state index in [9.17, 15) is 4.79 Å². The minimum absolute atomic E-state index is 0.0404. The molecule has 1 amide bonds. The molecule has 2 heterocycles. The Labute approximate surface area is 105 Å². The van der Waals surface area contributed by atoms with Crippen LogP contribution in [-0.2, 0) is 6.42 Å². The second kappa shape index (κ2) is 4.49. The van der Waals surface area contributed by atoms with Crippen LogP contribution in [0.4, 0.5) is 0 Å². The quantitative estimate of drug-likeness (QED) is 0.823. The Bertz CT molecular complexity index is 487. The average Bonchev–Trinajstić information content (AvgIpc) is 2.41. The van der Waals surface area contributed by atoms with Crippen LogP contribution in [0.1, 0.15) is 15.9 Å². The Morgan fingerprint density at radius 1 is 1.22 bits per heavy atom. The fraction of sp³-hybridized carbons (Fsp3) is 0.462. The molecule has 2 aliphatic rings. The molecule has 0 aliphatic carbocycles. The number of nitrogens with zero attached hydrogens (tertiary/aromatic N) is 1. The summed E-state index contributed by atoms with van der Waals surface area (Å²) in [5, 5.41) is 0. The lowest BCUT2D eigenvalue weighted by molar-refractivity contribution is 0.0743. The fourth-order valence-electron chi connectivity index (χ4n) is 2.43.